The average molecular weight is 558 g/mol. The van der Waals surface area contributed by atoms with E-state index in [2.05, 4.69) is 0 Å². The summed E-state index contributed by atoms with van der Waals surface area (Å²) in [6.07, 6.45) is 2.98. The Morgan fingerprint density at radius 1 is 0.974 bits per heavy atom. The van der Waals surface area contributed by atoms with Crippen LogP contribution in [0.15, 0.2) is 64.1 Å². The molecule has 0 N–H and O–H groups in total. The van der Waals surface area contributed by atoms with Crippen molar-refractivity contribution in [3.8, 4) is 11.5 Å². The molecule has 2 aromatic carbocycles. The molecule has 0 saturated heterocycles. The van der Waals surface area contributed by atoms with E-state index in [-0.39, 0.29) is 17.3 Å². The zero-order valence-corrected chi connectivity index (χ0v) is 23.5. The molecule has 0 aliphatic rings. The van der Waals surface area contributed by atoms with Crippen molar-refractivity contribution < 1.29 is 27.1 Å². The molecule has 0 atom stereocenters. The fourth-order valence-corrected chi connectivity index (χ4v) is 6.80. The van der Waals surface area contributed by atoms with Crippen molar-refractivity contribution in [1.82, 2.24) is 9.29 Å². The van der Waals surface area contributed by atoms with Crippen LogP contribution < -0.4 is 14.4 Å². The van der Waals surface area contributed by atoms with Crippen molar-refractivity contribution in [2.24, 2.45) is 0 Å². The molecule has 4 rings (SSSR count). The third-order valence-electron chi connectivity index (χ3n) is 5.95. The molecule has 202 valence electrons. The molecule has 0 bridgehead atoms. The summed E-state index contributed by atoms with van der Waals surface area (Å²) in [5, 5.41) is 0.429. The first-order valence-electron chi connectivity index (χ1n) is 12.3. The molecular formula is C27H31N3O6S2. The van der Waals surface area contributed by atoms with Gasteiger partial charge in [-0.3, -0.25) is 9.69 Å². The summed E-state index contributed by atoms with van der Waals surface area (Å²) in [4.78, 5) is 20.2. The summed E-state index contributed by atoms with van der Waals surface area (Å²) in [6.45, 7) is 4.91. The summed E-state index contributed by atoms with van der Waals surface area (Å²) in [5.74, 6) is 1.41. The molecule has 1 amide bonds. The Labute approximate surface area is 226 Å². The van der Waals surface area contributed by atoms with Crippen LogP contribution in [0.2, 0.25) is 0 Å². The third-order valence-corrected chi connectivity index (χ3v) is 8.96. The van der Waals surface area contributed by atoms with Gasteiger partial charge >= 0.3 is 0 Å². The number of thiazole rings is 1. The van der Waals surface area contributed by atoms with E-state index in [0.717, 1.165) is 17.5 Å². The van der Waals surface area contributed by atoms with Crippen LogP contribution in [0.4, 0.5) is 5.13 Å². The summed E-state index contributed by atoms with van der Waals surface area (Å²) in [5.41, 5.74) is 0.906. The molecule has 0 radical (unpaired) electrons. The Morgan fingerprint density at radius 3 is 2.21 bits per heavy atom. The first-order chi connectivity index (χ1) is 18.3. The number of carbonyl (C=O) groups excluding carboxylic acids is 1. The van der Waals surface area contributed by atoms with E-state index < -0.39 is 10.0 Å². The van der Waals surface area contributed by atoms with Crippen LogP contribution >= 0.6 is 11.3 Å². The molecule has 2 heterocycles. The highest BCUT2D eigenvalue weighted by Gasteiger charge is 2.27. The Kier molecular flexibility index (Phi) is 8.70. The second-order valence-electron chi connectivity index (χ2n) is 8.54. The standard InChI is InChI=1S/C27H31N3O6S2/c1-5-15-29(16-6-2)38(32,33)21-11-9-19(10-12-21)26(31)30(18-20-8-7-17-36-20)27-28-24-22(34-3)13-14-23(35-4)25(24)37-27/h7-14,17H,5-6,15-16,18H2,1-4H3. The van der Waals surface area contributed by atoms with E-state index in [1.165, 1.54) is 44.8 Å². The maximum Gasteiger partial charge on any atom is 0.260 e. The van der Waals surface area contributed by atoms with Crippen LogP contribution in [0, 0.1) is 0 Å². The number of carbonyl (C=O) groups is 1. The smallest absolute Gasteiger partial charge is 0.260 e. The first kappa shape index (κ1) is 27.6. The third kappa shape index (κ3) is 5.54. The SMILES string of the molecule is CCCN(CCC)S(=O)(=O)c1ccc(C(=O)N(Cc2ccco2)c2nc3c(OC)ccc(OC)c3s2)cc1. The van der Waals surface area contributed by atoms with E-state index in [1.54, 1.807) is 44.7 Å². The van der Waals surface area contributed by atoms with Crippen LogP contribution in [0.1, 0.15) is 42.8 Å². The van der Waals surface area contributed by atoms with Crippen molar-refractivity contribution in [2.75, 3.05) is 32.2 Å². The summed E-state index contributed by atoms with van der Waals surface area (Å²) in [6, 6.07) is 13.1. The van der Waals surface area contributed by atoms with Crippen molar-refractivity contribution in [2.45, 2.75) is 38.1 Å². The van der Waals surface area contributed by atoms with E-state index >= 15 is 0 Å². The van der Waals surface area contributed by atoms with Crippen molar-refractivity contribution in [3.05, 3.63) is 66.1 Å². The fraction of sp³-hybridized carbons (Fsp3) is 0.333. The number of hydrogen-bond acceptors (Lipinski definition) is 8. The number of ether oxygens (including phenoxy) is 2. The minimum Gasteiger partial charge on any atom is -0.495 e. The van der Waals surface area contributed by atoms with Gasteiger partial charge in [-0.2, -0.15) is 4.31 Å². The van der Waals surface area contributed by atoms with E-state index in [1.807, 2.05) is 13.8 Å². The number of furan rings is 1. The molecule has 0 aliphatic heterocycles. The summed E-state index contributed by atoms with van der Waals surface area (Å²) < 4.78 is 45.1. The van der Waals surface area contributed by atoms with Crippen molar-refractivity contribution >= 4 is 42.6 Å². The van der Waals surface area contributed by atoms with Gasteiger partial charge in [0.2, 0.25) is 10.0 Å². The number of fused-ring (bicyclic) bond motifs is 1. The number of amides is 1. The quantitative estimate of drug-likeness (QED) is 0.225. The highest BCUT2D eigenvalue weighted by atomic mass is 32.2. The highest BCUT2D eigenvalue weighted by Crippen LogP contribution is 2.40. The molecule has 11 heteroatoms. The number of rotatable bonds is 12. The number of aromatic nitrogens is 1. The van der Waals surface area contributed by atoms with E-state index in [0.29, 0.717) is 46.6 Å². The number of benzene rings is 2. The normalized spacial score (nSPS) is 11.7. The lowest BCUT2D eigenvalue weighted by Gasteiger charge is -2.21. The Hall–Kier alpha value is -3.41. The highest BCUT2D eigenvalue weighted by molar-refractivity contribution is 7.89. The molecule has 0 aliphatic carbocycles. The van der Waals surface area contributed by atoms with Gasteiger partial charge in [-0.1, -0.05) is 25.2 Å². The lowest BCUT2D eigenvalue weighted by molar-refractivity contribution is 0.0983. The second-order valence-corrected chi connectivity index (χ2v) is 11.5. The molecule has 38 heavy (non-hydrogen) atoms. The molecule has 0 saturated carbocycles. The maximum atomic E-state index is 13.8. The van der Waals surface area contributed by atoms with Crippen LogP contribution in [0.25, 0.3) is 10.2 Å². The van der Waals surface area contributed by atoms with E-state index in [4.69, 9.17) is 18.9 Å². The van der Waals surface area contributed by atoms with Crippen molar-refractivity contribution in [1.29, 1.82) is 0 Å². The van der Waals surface area contributed by atoms with Gasteiger partial charge < -0.3 is 13.9 Å². The fourth-order valence-electron chi connectivity index (χ4n) is 4.10. The largest absolute Gasteiger partial charge is 0.495 e. The molecule has 0 spiro atoms. The van der Waals surface area contributed by atoms with Crippen LogP contribution in [0.3, 0.4) is 0 Å². The number of hydrogen-bond donors (Lipinski definition) is 0. The average Bonchev–Trinajstić information content (AvgIpc) is 3.61. The van der Waals surface area contributed by atoms with Gasteiger partial charge in [-0.25, -0.2) is 13.4 Å². The first-order valence-corrected chi connectivity index (χ1v) is 14.6. The van der Waals surface area contributed by atoms with Gasteiger partial charge in [0.15, 0.2) is 5.13 Å². The maximum absolute atomic E-state index is 13.8. The van der Waals surface area contributed by atoms with Gasteiger partial charge in [-0.15, -0.1) is 0 Å². The monoisotopic (exact) mass is 557 g/mol. The lowest BCUT2D eigenvalue weighted by atomic mass is 10.2. The Bertz CT molecular complexity index is 1430. The van der Waals surface area contributed by atoms with Gasteiger partial charge in [0.05, 0.1) is 31.9 Å². The minimum absolute atomic E-state index is 0.136. The van der Waals surface area contributed by atoms with Crippen LogP contribution in [-0.4, -0.2) is 50.9 Å². The molecular weight excluding hydrogens is 526 g/mol. The number of sulfonamides is 1. The van der Waals surface area contributed by atoms with Gasteiger partial charge in [-0.05, 0) is 61.4 Å². The van der Waals surface area contributed by atoms with Gasteiger partial charge in [0, 0.05) is 18.7 Å². The summed E-state index contributed by atoms with van der Waals surface area (Å²) >= 11 is 1.30. The predicted molar refractivity (Wildman–Crippen MR) is 148 cm³/mol. The topological polar surface area (TPSA) is 102 Å². The van der Waals surface area contributed by atoms with Gasteiger partial charge in [0.25, 0.3) is 5.91 Å². The zero-order valence-electron chi connectivity index (χ0n) is 21.8. The zero-order chi connectivity index (χ0) is 27.3. The number of nitrogens with zero attached hydrogens (tertiary/aromatic N) is 3. The molecule has 0 fully saturated rings. The number of anilines is 1. The Morgan fingerprint density at radius 2 is 1.63 bits per heavy atom. The molecule has 4 aromatic rings. The predicted octanol–water partition coefficient (Wildman–Crippen LogP) is 5.56. The molecule has 2 aromatic heterocycles. The van der Waals surface area contributed by atoms with Crippen molar-refractivity contribution in [3.63, 3.8) is 0 Å². The molecule has 0 unspecified atom stereocenters. The second kappa shape index (κ2) is 12.0. The number of methoxy groups -OCH3 is 2. The molecule has 9 nitrogen and oxygen atoms in total. The van der Waals surface area contributed by atoms with Crippen LogP contribution in [-0.2, 0) is 16.6 Å². The lowest BCUT2D eigenvalue weighted by Crippen LogP contribution is -2.33. The summed E-state index contributed by atoms with van der Waals surface area (Å²) in [7, 11) is -0.526. The van der Waals surface area contributed by atoms with E-state index in [9.17, 15) is 13.2 Å². The minimum atomic E-state index is -3.66. The Balaban J connectivity index is 1.72. The van der Waals surface area contributed by atoms with Crippen LogP contribution in [0.5, 0.6) is 11.5 Å². The van der Waals surface area contributed by atoms with Gasteiger partial charge in [0.1, 0.15) is 27.5 Å².